The molecule has 0 spiro atoms. The van der Waals surface area contributed by atoms with Crippen molar-refractivity contribution in [3.05, 3.63) is 64.4 Å². The Morgan fingerprint density at radius 2 is 1.63 bits per heavy atom. The minimum Gasteiger partial charge on any atom is -0.496 e. The Balaban J connectivity index is 2.43. The quantitative estimate of drug-likeness (QED) is 0.626. The van der Waals surface area contributed by atoms with Crippen molar-refractivity contribution >= 4 is 11.6 Å². The minimum absolute atomic E-state index is 0.254. The van der Waals surface area contributed by atoms with Gasteiger partial charge in [0.15, 0.2) is 5.60 Å². The molecule has 0 aliphatic rings. The van der Waals surface area contributed by atoms with Crippen molar-refractivity contribution < 1.29 is 27.4 Å². The summed E-state index contributed by atoms with van der Waals surface area (Å²) in [6, 6.07) is 9.48. The van der Waals surface area contributed by atoms with Gasteiger partial charge in [0.1, 0.15) is 11.6 Å². The zero-order chi connectivity index (χ0) is 20.5. The van der Waals surface area contributed by atoms with Crippen molar-refractivity contribution in [2.75, 3.05) is 7.11 Å². The summed E-state index contributed by atoms with van der Waals surface area (Å²) in [5.41, 5.74) is -3.68. The third-order valence-electron chi connectivity index (χ3n) is 4.56. The fourth-order valence-corrected chi connectivity index (χ4v) is 3.36. The van der Waals surface area contributed by atoms with Gasteiger partial charge in [-0.15, -0.1) is 0 Å². The van der Waals surface area contributed by atoms with E-state index < -0.39 is 35.9 Å². The molecule has 0 heterocycles. The number of halogens is 5. The number of benzene rings is 2. The van der Waals surface area contributed by atoms with Gasteiger partial charge >= 0.3 is 6.18 Å². The third-order valence-corrected chi connectivity index (χ3v) is 4.81. The first-order chi connectivity index (χ1) is 12.4. The number of aliphatic hydroxyl groups is 1. The maximum absolute atomic E-state index is 13.8. The highest BCUT2D eigenvalue weighted by Gasteiger charge is 2.56. The largest absolute Gasteiger partial charge is 0.496 e. The fourth-order valence-electron chi connectivity index (χ4n) is 3.24. The fraction of sp³-hybridized carbons (Fsp3) is 0.400. The molecule has 0 aromatic heterocycles. The van der Waals surface area contributed by atoms with Gasteiger partial charge in [-0.3, -0.25) is 0 Å². The molecular weight excluding hydrogens is 384 g/mol. The zero-order valence-corrected chi connectivity index (χ0v) is 16.0. The lowest BCUT2D eigenvalue weighted by Gasteiger charge is -2.38. The molecule has 0 aliphatic carbocycles. The van der Waals surface area contributed by atoms with Gasteiger partial charge in [-0.25, -0.2) is 4.39 Å². The summed E-state index contributed by atoms with van der Waals surface area (Å²) in [5, 5.41) is 11.0. The molecule has 1 atom stereocenters. The molecule has 2 aromatic carbocycles. The average Bonchev–Trinajstić information content (AvgIpc) is 2.55. The van der Waals surface area contributed by atoms with Crippen LogP contribution in [-0.4, -0.2) is 24.0 Å². The molecule has 0 radical (unpaired) electrons. The van der Waals surface area contributed by atoms with Crippen LogP contribution in [0.2, 0.25) is 5.02 Å². The number of hydrogen-bond donors (Lipinski definition) is 1. The molecule has 1 N–H and O–H groups in total. The monoisotopic (exact) mass is 404 g/mol. The highest BCUT2D eigenvalue weighted by molar-refractivity contribution is 6.30. The SMILES string of the molecule is COc1ccc(F)cc1C(C)(C)CC(O)(Cc1ccc(Cl)cc1)C(F)(F)F. The van der Waals surface area contributed by atoms with Crippen LogP contribution in [0.4, 0.5) is 17.6 Å². The summed E-state index contributed by atoms with van der Waals surface area (Å²) in [6.07, 6.45) is -6.20. The molecule has 148 valence electrons. The lowest BCUT2D eigenvalue weighted by Crippen LogP contribution is -2.50. The van der Waals surface area contributed by atoms with Crippen molar-refractivity contribution in [2.24, 2.45) is 0 Å². The van der Waals surface area contributed by atoms with Gasteiger partial charge in [-0.2, -0.15) is 13.2 Å². The summed E-state index contributed by atoms with van der Waals surface area (Å²) in [7, 11) is 1.36. The summed E-state index contributed by atoms with van der Waals surface area (Å²) in [5.74, 6) is -0.329. The van der Waals surface area contributed by atoms with Crippen LogP contribution in [0.25, 0.3) is 0 Å². The summed E-state index contributed by atoms with van der Waals surface area (Å²) in [6.45, 7) is 3.03. The molecule has 0 aliphatic heterocycles. The van der Waals surface area contributed by atoms with Crippen LogP contribution in [-0.2, 0) is 11.8 Å². The van der Waals surface area contributed by atoms with Gasteiger partial charge in [0.25, 0.3) is 0 Å². The first kappa shape index (κ1) is 21.5. The van der Waals surface area contributed by atoms with E-state index >= 15 is 0 Å². The van der Waals surface area contributed by atoms with Crippen molar-refractivity contribution in [3.63, 3.8) is 0 Å². The highest BCUT2D eigenvalue weighted by Crippen LogP contribution is 2.45. The van der Waals surface area contributed by atoms with Crippen molar-refractivity contribution in [2.45, 2.75) is 43.9 Å². The summed E-state index contributed by atoms with van der Waals surface area (Å²) >= 11 is 5.77. The highest BCUT2D eigenvalue weighted by atomic mass is 35.5. The van der Waals surface area contributed by atoms with Crippen LogP contribution in [0, 0.1) is 5.82 Å². The number of rotatable bonds is 6. The predicted molar refractivity (Wildman–Crippen MR) is 96.8 cm³/mol. The molecule has 7 heteroatoms. The molecule has 2 nitrogen and oxygen atoms in total. The predicted octanol–water partition coefficient (Wildman–Crippen LogP) is 5.69. The van der Waals surface area contributed by atoms with E-state index in [-0.39, 0.29) is 11.3 Å². The number of ether oxygens (including phenoxy) is 1. The lowest BCUT2D eigenvalue weighted by atomic mass is 9.72. The first-order valence-corrected chi connectivity index (χ1v) is 8.63. The van der Waals surface area contributed by atoms with Crippen LogP contribution in [0.1, 0.15) is 31.4 Å². The van der Waals surface area contributed by atoms with E-state index in [1.54, 1.807) is 0 Å². The van der Waals surface area contributed by atoms with Crippen LogP contribution in [0.15, 0.2) is 42.5 Å². The van der Waals surface area contributed by atoms with Crippen LogP contribution < -0.4 is 4.74 Å². The van der Waals surface area contributed by atoms with E-state index in [4.69, 9.17) is 16.3 Å². The van der Waals surface area contributed by atoms with Gasteiger partial charge in [0.2, 0.25) is 0 Å². The Hall–Kier alpha value is -1.79. The molecule has 0 saturated carbocycles. The van der Waals surface area contributed by atoms with Crippen LogP contribution >= 0.6 is 11.6 Å². The van der Waals surface area contributed by atoms with E-state index in [2.05, 4.69) is 0 Å². The number of hydrogen-bond acceptors (Lipinski definition) is 2. The van der Waals surface area contributed by atoms with Gasteiger partial charge < -0.3 is 9.84 Å². The average molecular weight is 405 g/mol. The molecule has 0 saturated heterocycles. The Morgan fingerprint density at radius 1 is 1.04 bits per heavy atom. The topological polar surface area (TPSA) is 29.5 Å². The first-order valence-electron chi connectivity index (χ1n) is 8.25. The van der Waals surface area contributed by atoms with E-state index in [9.17, 15) is 22.7 Å². The van der Waals surface area contributed by atoms with Crippen LogP contribution in [0.3, 0.4) is 0 Å². The zero-order valence-electron chi connectivity index (χ0n) is 15.2. The molecule has 1 unspecified atom stereocenters. The Kier molecular flexibility index (Phi) is 6.12. The second kappa shape index (κ2) is 7.68. The molecule has 2 rings (SSSR count). The standard InChI is InChI=1S/C20H21ClF4O2/c1-18(2,16-10-15(22)8-9-17(16)27-3)12-19(26,20(23,24)25)11-13-4-6-14(21)7-5-13/h4-10,26H,11-12H2,1-3H3. The maximum atomic E-state index is 13.8. The molecule has 27 heavy (non-hydrogen) atoms. The van der Waals surface area contributed by atoms with E-state index in [1.807, 2.05) is 0 Å². The van der Waals surface area contributed by atoms with Crippen molar-refractivity contribution in [1.82, 2.24) is 0 Å². The van der Waals surface area contributed by atoms with Crippen LogP contribution in [0.5, 0.6) is 5.75 Å². The van der Waals surface area contributed by atoms with Gasteiger partial charge in [-0.1, -0.05) is 37.6 Å². The minimum atomic E-state index is -4.88. The maximum Gasteiger partial charge on any atom is 0.417 e. The van der Waals surface area contributed by atoms with Crippen molar-refractivity contribution in [3.8, 4) is 5.75 Å². The summed E-state index contributed by atoms with van der Waals surface area (Å²) < 4.78 is 60.3. The van der Waals surface area contributed by atoms with E-state index in [0.717, 1.165) is 6.07 Å². The van der Waals surface area contributed by atoms with E-state index in [1.165, 1.54) is 57.4 Å². The lowest BCUT2D eigenvalue weighted by molar-refractivity contribution is -0.266. The Bertz CT molecular complexity index is 788. The molecule has 2 aromatic rings. The Morgan fingerprint density at radius 3 is 2.15 bits per heavy atom. The van der Waals surface area contributed by atoms with Gasteiger partial charge in [-0.05, 0) is 47.7 Å². The van der Waals surface area contributed by atoms with Crippen molar-refractivity contribution in [1.29, 1.82) is 0 Å². The van der Waals surface area contributed by atoms with Gasteiger partial charge in [0, 0.05) is 17.0 Å². The number of alkyl halides is 3. The molecule has 0 amide bonds. The third kappa shape index (κ3) is 4.93. The van der Waals surface area contributed by atoms with Gasteiger partial charge in [0.05, 0.1) is 7.11 Å². The Labute approximate surface area is 160 Å². The molecule has 0 fully saturated rings. The number of methoxy groups -OCH3 is 1. The molecule has 0 bridgehead atoms. The smallest absolute Gasteiger partial charge is 0.417 e. The summed E-state index contributed by atoms with van der Waals surface area (Å²) in [4.78, 5) is 0. The molecular formula is C20H21ClF4O2. The normalized spacial score (nSPS) is 14.7. The van der Waals surface area contributed by atoms with E-state index in [0.29, 0.717) is 10.6 Å². The second-order valence-corrected chi connectivity index (χ2v) is 7.67. The second-order valence-electron chi connectivity index (χ2n) is 7.24.